The fourth-order valence-corrected chi connectivity index (χ4v) is 3.91. The standard InChI is InChI=1S/C14H15BrN2O2S/c1-9(18)17(8-11-3-2-6-19-11)14-16-12-5-4-10(15)7-13(12)20-14/h4-5,7,11H,2-3,6,8H2,1H3. The van der Waals surface area contributed by atoms with E-state index in [1.165, 1.54) is 11.3 Å². The van der Waals surface area contributed by atoms with Crippen LogP contribution in [0.4, 0.5) is 5.13 Å². The van der Waals surface area contributed by atoms with Crippen LogP contribution in [0, 0.1) is 0 Å². The molecule has 0 N–H and O–H groups in total. The number of hydrogen-bond donors (Lipinski definition) is 0. The highest BCUT2D eigenvalue weighted by Crippen LogP contribution is 2.31. The van der Waals surface area contributed by atoms with E-state index in [-0.39, 0.29) is 12.0 Å². The number of carbonyl (C=O) groups is 1. The SMILES string of the molecule is CC(=O)N(CC1CCCO1)c1nc2ccc(Br)cc2s1. The largest absolute Gasteiger partial charge is 0.376 e. The molecule has 1 aromatic heterocycles. The number of amides is 1. The van der Waals surface area contributed by atoms with Crippen LogP contribution in [-0.4, -0.2) is 30.1 Å². The van der Waals surface area contributed by atoms with Gasteiger partial charge in [-0.25, -0.2) is 4.98 Å². The summed E-state index contributed by atoms with van der Waals surface area (Å²) in [5.41, 5.74) is 0.923. The maximum Gasteiger partial charge on any atom is 0.225 e. The molecule has 2 heterocycles. The van der Waals surface area contributed by atoms with Crippen molar-refractivity contribution in [3.05, 3.63) is 22.7 Å². The first kappa shape index (κ1) is 14.0. The zero-order chi connectivity index (χ0) is 14.1. The van der Waals surface area contributed by atoms with Crippen LogP contribution in [0.1, 0.15) is 19.8 Å². The normalized spacial score (nSPS) is 18.6. The Hall–Kier alpha value is -0.980. The minimum Gasteiger partial charge on any atom is -0.376 e. The smallest absolute Gasteiger partial charge is 0.225 e. The van der Waals surface area contributed by atoms with Crippen LogP contribution in [0.25, 0.3) is 10.2 Å². The number of ether oxygens (including phenoxy) is 1. The zero-order valence-electron chi connectivity index (χ0n) is 11.1. The summed E-state index contributed by atoms with van der Waals surface area (Å²) in [5, 5.41) is 0.751. The van der Waals surface area contributed by atoms with Gasteiger partial charge in [0.1, 0.15) is 0 Å². The van der Waals surface area contributed by atoms with E-state index in [4.69, 9.17) is 4.74 Å². The van der Waals surface area contributed by atoms with Gasteiger partial charge in [0.05, 0.1) is 22.9 Å². The van der Waals surface area contributed by atoms with E-state index in [9.17, 15) is 4.79 Å². The van der Waals surface area contributed by atoms with E-state index in [0.29, 0.717) is 6.54 Å². The highest BCUT2D eigenvalue weighted by molar-refractivity contribution is 9.10. The molecule has 1 atom stereocenters. The van der Waals surface area contributed by atoms with Crippen LogP contribution in [0.15, 0.2) is 22.7 Å². The summed E-state index contributed by atoms with van der Waals surface area (Å²) in [7, 11) is 0. The second-order valence-electron chi connectivity index (χ2n) is 4.87. The van der Waals surface area contributed by atoms with Gasteiger partial charge in [0.25, 0.3) is 0 Å². The lowest BCUT2D eigenvalue weighted by atomic mass is 10.2. The summed E-state index contributed by atoms with van der Waals surface area (Å²) in [6.45, 7) is 2.97. The molecular weight excluding hydrogens is 340 g/mol. The molecule has 0 radical (unpaired) electrons. The fourth-order valence-electron chi connectivity index (χ4n) is 2.34. The van der Waals surface area contributed by atoms with Crippen molar-refractivity contribution in [2.24, 2.45) is 0 Å². The molecule has 1 fully saturated rings. The molecule has 4 nitrogen and oxygen atoms in total. The van der Waals surface area contributed by atoms with Crippen molar-refractivity contribution in [2.45, 2.75) is 25.9 Å². The number of benzene rings is 1. The number of carbonyl (C=O) groups excluding carboxylic acids is 1. The Morgan fingerprint density at radius 1 is 1.60 bits per heavy atom. The number of fused-ring (bicyclic) bond motifs is 1. The lowest BCUT2D eigenvalue weighted by Gasteiger charge is -2.21. The molecule has 3 rings (SSSR count). The van der Waals surface area contributed by atoms with Crippen molar-refractivity contribution in [3.8, 4) is 0 Å². The average Bonchev–Trinajstić information content (AvgIpc) is 3.03. The molecule has 20 heavy (non-hydrogen) atoms. The summed E-state index contributed by atoms with van der Waals surface area (Å²) < 4.78 is 7.72. The average molecular weight is 355 g/mol. The predicted octanol–water partition coefficient (Wildman–Crippen LogP) is 3.59. The van der Waals surface area contributed by atoms with Crippen molar-refractivity contribution in [1.29, 1.82) is 0 Å². The monoisotopic (exact) mass is 354 g/mol. The van der Waals surface area contributed by atoms with Gasteiger partial charge in [-0.2, -0.15) is 0 Å². The number of nitrogens with zero attached hydrogens (tertiary/aromatic N) is 2. The van der Waals surface area contributed by atoms with Gasteiger partial charge in [0.15, 0.2) is 5.13 Å². The van der Waals surface area contributed by atoms with Crippen molar-refractivity contribution in [2.75, 3.05) is 18.1 Å². The second kappa shape index (κ2) is 5.79. The first-order valence-corrected chi connectivity index (χ1v) is 8.20. The Morgan fingerprint density at radius 2 is 2.45 bits per heavy atom. The van der Waals surface area contributed by atoms with Gasteiger partial charge >= 0.3 is 0 Å². The Bertz CT molecular complexity index is 637. The Morgan fingerprint density at radius 3 is 3.15 bits per heavy atom. The molecule has 0 bridgehead atoms. The number of hydrogen-bond acceptors (Lipinski definition) is 4. The molecule has 1 amide bonds. The predicted molar refractivity (Wildman–Crippen MR) is 84.3 cm³/mol. The van der Waals surface area contributed by atoms with Gasteiger partial charge in [0.2, 0.25) is 5.91 Å². The number of rotatable bonds is 3. The van der Waals surface area contributed by atoms with Gasteiger partial charge in [-0.05, 0) is 31.0 Å². The van der Waals surface area contributed by atoms with E-state index in [2.05, 4.69) is 20.9 Å². The molecule has 1 aromatic carbocycles. The Labute approximate surface area is 129 Å². The molecule has 106 valence electrons. The highest BCUT2D eigenvalue weighted by Gasteiger charge is 2.24. The first-order chi connectivity index (χ1) is 9.63. The molecule has 2 aromatic rings. The van der Waals surface area contributed by atoms with E-state index < -0.39 is 0 Å². The third kappa shape index (κ3) is 2.87. The van der Waals surface area contributed by atoms with E-state index in [1.54, 1.807) is 11.8 Å². The molecule has 1 aliphatic heterocycles. The third-order valence-corrected chi connectivity index (χ3v) is 4.89. The van der Waals surface area contributed by atoms with Gasteiger partial charge in [-0.1, -0.05) is 27.3 Å². The van der Waals surface area contributed by atoms with Crippen LogP contribution < -0.4 is 4.90 Å². The van der Waals surface area contributed by atoms with Crippen molar-refractivity contribution < 1.29 is 9.53 Å². The number of thiazole rings is 1. The summed E-state index contributed by atoms with van der Waals surface area (Å²) in [4.78, 5) is 18.2. The maximum atomic E-state index is 11.9. The molecule has 1 unspecified atom stereocenters. The van der Waals surface area contributed by atoms with Crippen molar-refractivity contribution >= 4 is 48.5 Å². The van der Waals surface area contributed by atoms with E-state index in [0.717, 1.165) is 39.3 Å². The molecule has 1 aliphatic rings. The Balaban J connectivity index is 1.90. The molecule has 1 saturated heterocycles. The zero-order valence-corrected chi connectivity index (χ0v) is 13.5. The highest BCUT2D eigenvalue weighted by atomic mass is 79.9. The molecule has 6 heteroatoms. The van der Waals surface area contributed by atoms with Gasteiger partial charge < -0.3 is 4.74 Å². The molecule has 0 spiro atoms. The quantitative estimate of drug-likeness (QED) is 0.845. The Kier molecular flexibility index (Phi) is 4.05. The van der Waals surface area contributed by atoms with Crippen LogP contribution in [0.2, 0.25) is 0 Å². The summed E-state index contributed by atoms with van der Waals surface area (Å²) in [6.07, 6.45) is 2.22. The maximum absolute atomic E-state index is 11.9. The topological polar surface area (TPSA) is 42.4 Å². The summed E-state index contributed by atoms with van der Waals surface area (Å²) in [6, 6.07) is 5.95. The summed E-state index contributed by atoms with van der Waals surface area (Å²) in [5.74, 6) is 0.0126. The van der Waals surface area contributed by atoms with Gasteiger partial charge in [0, 0.05) is 18.0 Å². The minimum atomic E-state index is 0.0126. The first-order valence-electron chi connectivity index (χ1n) is 6.59. The molecule has 0 aliphatic carbocycles. The lowest BCUT2D eigenvalue weighted by molar-refractivity contribution is -0.116. The van der Waals surface area contributed by atoms with Crippen LogP contribution in [0.3, 0.4) is 0 Å². The van der Waals surface area contributed by atoms with Crippen LogP contribution in [-0.2, 0) is 9.53 Å². The van der Waals surface area contributed by atoms with E-state index in [1.807, 2.05) is 18.2 Å². The van der Waals surface area contributed by atoms with Crippen LogP contribution in [0.5, 0.6) is 0 Å². The number of anilines is 1. The number of aromatic nitrogens is 1. The third-order valence-electron chi connectivity index (χ3n) is 3.36. The number of halogens is 1. The minimum absolute atomic E-state index is 0.0126. The van der Waals surface area contributed by atoms with Crippen LogP contribution >= 0.6 is 27.3 Å². The van der Waals surface area contributed by atoms with Gasteiger partial charge in [-0.3, -0.25) is 9.69 Å². The van der Waals surface area contributed by atoms with Gasteiger partial charge in [-0.15, -0.1) is 0 Å². The van der Waals surface area contributed by atoms with E-state index >= 15 is 0 Å². The van der Waals surface area contributed by atoms with Crippen molar-refractivity contribution in [3.63, 3.8) is 0 Å². The lowest BCUT2D eigenvalue weighted by Crippen LogP contribution is -2.35. The fraction of sp³-hybridized carbons (Fsp3) is 0.429. The molecule has 0 saturated carbocycles. The molecular formula is C14H15BrN2O2S. The van der Waals surface area contributed by atoms with Crippen molar-refractivity contribution in [1.82, 2.24) is 4.98 Å². The summed E-state index contributed by atoms with van der Waals surface area (Å²) >= 11 is 5.00. The second-order valence-corrected chi connectivity index (χ2v) is 6.80.